The predicted octanol–water partition coefficient (Wildman–Crippen LogP) is 3.05. The first-order valence-electron chi connectivity index (χ1n) is 12.3. The molecule has 0 radical (unpaired) electrons. The van der Waals surface area contributed by atoms with Gasteiger partial charge >= 0.3 is 6.03 Å². The minimum atomic E-state index is -4.00. The lowest BCUT2D eigenvalue weighted by Gasteiger charge is -2.37. The third-order valence-electron chi connectivity index (χ3n) is 6.17. The molecule has 0 aromatic heterocycles. The number of nitrogens with one attached hydrogen (secondary N) is 1. The van der Waals surface area contributed by atoms with Crippen molar-refractivity contribution in [3.63, 3.8) is 0 Å². The molecule has 2 amide bonds. The Morgan fingerprint density at radius 2 is 1.97 bits per heavy atom. The largest absolute Gasteiger partial charge is 0.487 e. The van der Waals surface area contributed by atoms with Crippen LogP contribution in [0.15, 0.2) is 47.4 Å². The summed E-state index contributed by atoms with van der Waals surface area (Å²) >= 11 is 0. The molecule has 8 nitrogen and oxygen atoms in total. The van der Waals surface area contributed by atoms with Gasteiger partial charge in [0.05, 0.1) is 13.2 Å². The van der Waals surface area contributed by atoms with Crippen molar-refractivity contribution < 1.29 is 27.4 Å². The van der Waals surface area contributed by atoms with Gasteiger partial charge in [0.15, 0.2) is 0 Å². The van der Waals surface area contributed by atoms with E-state index in [4.69, 9.17) is 4.74 Å². The maximum Gasteiger partial charge on any atom is 0.317 e. The quantitative estimate of drug-likeness (QED) is 0.559. The van der Waals surface area contributed by atoms with Crippen molar-refractivity contribution >= 4 is 16.1 Å². The Labute approximate surface area is 218 Å². The highest BCUT2D eigenvalue weighted by Gasteiger charge is 2.38. The number of carbonyl (C=O) groups excluding carboxylic acids is 1. The Hall–Kier alpha value is -3.13. The minimum absolute atomic E-state index is 0.0425. The summed E-state index contributed by atoms with van der Waals surface area (Å²) < 4.78 is 48.2. The van der Waals surface area contributed by atoms with Gasteiger partial charge in [-0.1, -0.05) is 31.8 Å². The maximum absolute atomic E-state index is 13.6. The zero-order valence-electron chi connectivity index (χ0n) is 21.6. The lowest BCUT2D eigenvalue weighted by atomic mass is 10.0. The third kappa shape index (κ3) is 7.01. The van der Waals surface area contributed by atoms with Crippen molar-refractivity contribution in [1.29, 1.82) is 0 Å². The fourth-order valence-corrected chi connectivity index (χ4v) is 5.78. The molecule has 2 N–H and O–H groups in total. The van der Waals surface area contributed by atoms with Gasteiger partial charge in [-0.2, -0.15) is 4.31 Å². The van der Waals surface area contributed by atoms with Crippen molar-refractivity contribution in [3.05, 3.63) is 59.4 Å². The van der Waals surface area contributed by atoms with E-state index in [0.29, 0.717) is 17.7 Å². The summed E-state index contributed by atoms with van der Waals surface area (Å²) in [7, 11) is -2.34. The van der Waals surface area contributed by atoms with Gasteiger partial charge in [0, 0.05) is 43.2 Å². The second-order valence-corrected chi connectivity index (χ2v) is 11.1. The van der Waals surface area contributed by atoms with E-state index in [-0.39, 0.29) is 42.3 Å². The van der Waals surface area contributed by atoms with E-state index in [1.165, 1.54) is 27.4 Å². The van der Waals surface area contributed by atoms with Gasteiger partial charge in [-0.15, -0.1) is 0 Å². The van der Waals surface area contributed by atoms with Crippen LogP contribution < -0.4 is 10.1 Å². The van der Waals surface area contributed by atoms with E-state index >= 15 is 0 Å². The van der Waals surface area contributed by atoms with Crippen LogP contribution in [0.1, 0.15) is 38.3 Å². The predicted molar refractivity (Wildman–Crippen MR) is 139 cm³/mol. The number of sulfonamides is 1. The Kier molecular flexibility index (Phi) is 9.54. The first-order valence-corrected chi connectivity index (χ1v) is 13.7. The molecule has 0 bridgehead atoms. The van der Waals surface area contributed by atoms with E-state index in [9.17, 15) is 22.7 Å². The zero-order valence-corrected chi connectivity index (χ0v) is 22.4. The summed E-state index contributed by atoms with van der Waals surface area (Å²) in [6.45, 7) is 5.99. The SMILES string of the molecule is CCCNC(=O)N(C)C[C@H]1Oc2cc(C#Cc3cccc(F)c3)ccc2S(=O)(=O)N([C@@H](C)CO)C[C@@H]1C. The lowest BCUT2D eigenvalue weighted by molar-refractivity contribution is 0.0812. The second kappa shape index (κ2) is 12.4. The molecule has 200 valence electrons. The normalized spacial score (nSPS) is 19.7. The van der Waals surface area contributed by atoms with Crippen LogP contribution in [0.25, 0.3) is 0 Å². The molecule has 0 saturated carbocycles. The molecule has 0 fully saturated rings. The van der Waals surface area contributed by atoms with Crippen molar-refractivity contribution in [2.75, 3.05) is 33.3 Å². The Balaban J connectivity index is 2.02. The average molecular weight is 532 g/mol. The maximum atomic E-state index is 13.6. The number of likely N-dealkylation sites (N-methyl/N-ethyl adjacent to an activating group) is 1. The number of amides is 2. The van der Waals surface area contributed by atoms with Crippen molar-refractivity contribution in [3.8, 4) is 17.6 Å². The van der Waals surface area contributed by atoms with Gasteiger partial charge in [-0.3, -0.25) is 0 Å². The van der Waals surface area contributed by atoms with E-state index in [1.54, 1.807) is 38.2 Å². The molecule has 2 aromatic carbocycles. The first kappa shape index (κ1) is 28.4. The number of hydrogen-bond donors (Lipinski definition) is 2. The highest BCUT2D eigenvalue weighted by Crippen LogP contribution is 2.34. The van der Waals surface area contributed by atoms with Gasteiger partial charge in [0.25, 0.3) is 0 Å². The smallest absolute Gasteiger partial charge is 0.317 e. The number of urea groups is 1. The summed E-state index contributed by atoms with van der Waals surface area (Å²) in [5.41, 5.74) is 0.968. The van der Waals surface area contributed by atoms with Crippen LogP contribution >= 0.6 is 0 Å². The number of nitrogens with zero attached hydrogens (tertiary/aromatic N) is 2. The molecular formula is C27H34FN3O5S. The van der Waals surface area contributed by atoms with Crippen molar-refractivity contribution in [1.82, 2.24) is 14.5 Å². The van der Waals surface area contributed by atoms with Crippen LogP contribution in [-0.2, 0) is 10.0 Å². The number of rotatable bonds is 6. The number of aliphatic hydroxyl groups excluding tert-OH is 1. The summed E-state index contributed by atoms with van der Waals surface area (Å²) in [6.07, 6.45) is 0.264. The number of benzene rings is 2. The fraction of sp³-hybridized carbons (Fsp3) is 0.444. The average Bonchev–Trinajstić information content (AvgIpc) is 2.87. The third-order valence-corrected chi connectivity index (χ3v) is 8.19. The van der Waals surface area contributed by atoms with E-state index in [0.717, 1.165) is 6.42 Å². The molecule has 3 rings (SSSR count). The van der Waals surface area contributed by atoms with Crippen LogP contribution in [0.4, 0.5) is 9.18 Å². The molecule has 0 spiro atoms. The second-order valence-electron chi connectivity index (χ2n) is 9.27. The molecule has 2 aromatic rings. The van der Waals surface area contributed by atoms with Gasteiger partial charge in [0.2, 0.25) is 10.0 Å². The molecule has 1 heterocycles. The van der Waals surface area contributed by atoms with Crippen LogP contribution in [0.2, 0.25) is 0 Å². The van der Waals surface area contributed by atoms with Gasteiger partial charge in [-0.25, -0.2) is 17.6 Å². The van der Waals surface area contributed by atoms with Crippen molar-refractivity contribution in [2.24, 2.45) is 5.92 Å². The molecule has 0 saturated heterocycles. The monoisotopic (exact) mass is 531 g/mol. The Morgan fingerprint density at radius 1 is 1.27 bits per heavy atom. The van der Waals surface area contributed by atoms with Gasteiger partial charge in [0.1, 0.15) is 22.6 Å². The first-order chi connectivity index (χ1) is 17.6. The summed E-state index contributed by atoms with van der Waals surface area (Å²) in [4.78, 5) is 13.9. The molecule has 10 heteroatoms. The molecular weight excluding hydrogens is 497 g/mol. The van der Waals surface area contributed by atoms with Crippen LogP contribution in [0.3, 0.4) is 0 Å². The number of fused-ring (bicyclic) bond motifs is 1. The van der Waals surface area contributed by atoms with E-state index in [1.807, 2.05) is 13.8 Å². The summed E-state index contributed by atoms with van der Waals surface area (Å²) in [5.74, 6) is 5.22. The topological polar surface area (TPSA) is 99.2 Å². The molecule has 3 atom stereocenters. The number of carbonyl (C=O) groups is 1. The highest BCUT2D eigenvalue weighted by atomic mass is 32.2. The Morgan fingerprint density at radius 3 is 2.62 bits per heavy atom. The lowest BCUT2D eigenvalue weighted by Crippen LogP contribution is -2.51. The van der Waals surface area contributed by atoms with Crippen molar-refractivity contribution in [2.45, 2.75) is 44.2 Å². The Bertz CT molecular complexity index is 1270. The highest BCUT2D eigenvalue weighted by molar-refractivity contribution is 7.89. The fourth-order valence-electron chi connectivity index (χ4n) is 3.95. The van der Waals surface area contributed by atoms with Gasteiger partial charge in [-0.05, 0) is 49.7 Å². The number of aliphatic hydroxyl groups is 1. The van der Waals surface area contributed by atoms with Gasteiger partial charge < -0.3 is 20.1 Å². The number of ether oxygens (including phenoxy) is 1. The zero-order chi connectivity index (χ0) is 27.2. The summed E-state index contributed by atoms with van der Waals surface area (Å²) in [5, 5.41) is 12.6. The molecule has 1 aliphatic rings. The number of halogens is 1. The molecule has 37 heavy (non-hydrogen) atoms. The van der Waals surface area contributed by atoms with E-state index in [2.05, 4.69) is 17.2 Å². The molecule has 0 unspecified atom stereocenters. The molecule has 1 aliphatic heterocycles. The summed E-state index contributed by atoms with van der Waals surface area (Å²) in [6, 6.07) is 9.52. The van der Waals surface area contributed by atoms with E-state index < -0.39 is 28.0 Å². The number of hydrogen-bond acceptors (Lipinski definition) is 5. The minimum Gasteiger partial charge on any atom is -0.487 e. The standard InChI is InChI=1S/C27H34FN3O5S/c1-5-13-29-27(33)30(4)17-25-19(2)16-31(20(3)18-32)37(34,35)26-12-11-22(15-24(26)36-25)10-9-21-7-6-8-23(28)14-21/h6-8,11-12,14-15,19-20,25,32H,5,13,16-18H2,1-4H3,(H,29,33)/t19-,20-,25+/m0/s1. The molecule has 0 aliphatic carbocycles. The van der Waals surface area contributed by atoms with Crippen LogP contribution in [0, 0.1) is 23.6 Å². The van der Waals surface area contributed by atoms with Crippen LogP contribution in [-0.4, -0.2) is 74.2 Å². The van der Waals surface area contributed by atoms with Crippen LogP contribution in [0.5, 0.6) is 5.75 Å².